The van der Waals surface area contributed by atoms with Crippen LogP contribution in [0.2, 0.25) is 5.02 Å². The van der Waals surface area contributed by atoms with Gasteiger partial charge in [-0.15, -0.1) is 0 Å². The first-order valence-electron chi connectivity index (χ1n) is 9.26. The number of aliphatic hydroxyl groups excluding tert-OH is 1. The highest BCUT2D eigenvalue weighted by Crippen LogP contribution is 2.27. The lowest BCUT2D eigenvalue weighted by molar-refractivity contribution is 0.187. The third kappa shape index (κ3) is 4.39. The lowest BCUT2D eigenvalue weighted by atomic mass is 9.93. The summed E-state index contributed by atoms with van der Waals surface area (Å²) in [7, 11) is 0. The number of benzene rings is 1. The summed E-state index contributed by atoms with van der Waals surface area (Å²) in [5.41, 5.74) is 2.35. The summed E-state index contributed by atoms with van der Waals surface area (Å²) in [6, 6.07) is 7.73. The maximum absolute atomic E-state index is 9.71. The van der Waals surface area contributed by atoms with Crippen molar-refractivity contribution in [3.8, 4) is 0 Å². The maximum atomic E-state index is 9.71. The minimum Gasteiger partial charge on any atom is -0.396 e. The van der Waals surface area contributed by atoms with Crippen molar-refractivity contribution in [1.29, 1.82) is 0 Å². The Bertz CT molecular complexity index is 922. The smallest absolute Gasteiger partial charge is 0.166 e. The number of halogens is 1. The fourth-order valence-corrected chi connectivity index (χ4v) is 3.16. The van der Waals surface area contributed by atoms with Gasteiger partial charge in [0.1, 0.15) is 5.82 Å². The number of hydrogen-bond acceptors (Lipinski definition) is 5. The highest BCUT2D eigenvalue weighted by atomic mass is 35.5. The molecule has 0 fully saturated rings. The van der Waals surface area contributed by atoms with Crippen LogP contribution in [0.5, 0.6) is 0 Å². The first-order valence-corrected chi connectivity index (χ1v) is 9.63. The van der Waals surface area contributed by atoms with E-state index >= 15 is 0 Å². The Kier molecular flexibility index (Phi) is 5.97. The molecule has 0 amide bonds. The van der Waals surface area contributed by atoms with E-state index in [1.807, 2.05) is 28.8 Å². The molecule has 1 unspecified atom stereocenters. The van der Waals surface area contributed by atoms with Gasteiger partial charge in [-0.05, 0) is 43.9 Å². The highest BCUT2D eigenvalue weighted by molar-refractivity contribution is 6.30. The standard InChI is InChI=1S/C20H26ClN5O/c1-12(2)14(10-27)8-17-24-19(23-16-7-5-6-15(21)9-16)18-20(25-17)26(11-22-18)13(3)4/h5-7,9,11-14,27H,8,10H2,1-4H3,(H,23,24,25). The van der Waals surface area contributed by atoms with E-state index in [4.69, 9.17) is 21.6 Å². The third-order valence-corrected chi connectivity index (χ3v) is 4.97. The topological polar surface area (TPSA) is 75.9 Å². The lowest BCUT2D eigenvalue weighted by Crippen LogP contribution is -2.18. The number of hydrogen-bond donors (Lipinski definition) is 2. The zero-order valence-corrected chi connectivity index (χ0v) is 16.9. The fourth-order valence-electron chi connectivity index (χ4n) is 2.97. The molecule has 7 heteroatoms. The first kappa shape index (κ1) is 19.6. The van der Waals surface area contributed by atoms with Gasteiger partial charge < -0.3 is 15.0 Å². The predicted molar refractivity (Wildman–Crippen MR) is 110 cm³/mol. The van der Waals surface area contributed by atoms with Gasteiger partial charge in [-0.25, -0.2) is 15.0 Å². The number of anilines is 2. The monoisotopic (exact) mass is 387 g/mol. The molecule has 3 aromatic rings. The van der Waals surface area contributed by atoms with Crippen molar-refractivity contribution in [1.82, 2.24) is 19.5 Å². The summed E-state index contributed by atoms with van der Waals surface area (Å²) in [5.74, 6) is 1.80. The molecule has 0 radical (unpaired) electrons. The van der Waals surface area contributed by atoms with Crippen LogP contribution in [0.25, 0.3) is 11.2 Å². The Labute approximate surface area is 164 Å². The molecule has 144 valence electrons. The number of imidazole rings is 1. The lowest BCUT2D eigenvalue weighted by Gasteiger charge is -2.18. The van der Waals surface area contributed by atoms with Gasteiger partial charge >= 0.3 is 0 Å². The highest BCUT2D eigenvalue weighted by Gasteiger charge is 2.19. The number of rotatable bonds is 7. The molecule has 0 saturated heterocycles. The molecule has 27 heavy (non-hydrogen) atoms. The SMILES string of the molecule is CC(C)C(CO)Cc1nc(Nc2cccc(Cl)c2)c2ncn(C(C)C)c2n1. The molecule has 1 aromatic carbocycles. The Hall–Kier alpha value is -2.18. The Morgan fingerprint density at radius 1 is 1.19 bits per heavy atom. The summed E-state index contributed by atoms with van der Waals surface area (Å²) in [6.45, 7) is 8.50. The average Bonchev–Trinajstić information content (AvgIpc) is 3.04. The first-order chi connectivity index (χ1) is 12.9. The summed E-state index contributed by atoms with van der Waals surface area (Å²) in [4.78, 5) is 14.0. The predicted octanol–water partition coefficient (Wildman–Crippen LogP) is 4.61. The number of nitrogens with zero attached hydrogens (tertiary/aromatic N) is 4. The van der Waals surface area contributed by atoms with Crippen molar-refractivity contribution in [2.24, 2.45) is 11.8 Å². The largest absolute Gasteiger partial charge is 0.396 e. The van der Waals surface area contributed by atoms with Crippen molar-refractivity contribution >= 4 is 34.3 Å². The number of fused-ring (bicyclic) bond motifs is 1. The van der Waals surface area contributed by atoms with E-state index in [0.717, 1.165) is 16.9 Å². The molecule has 1 atom stereocenters. The molecule has 3 rings (SSSR count). The molecular formula is C20H26ClN5O. The van der Waals surface area contributed by atoms with Crippen LogP contribution in [0, 0.1) is 11.8 Å². The van der Waals surface area contributed by atoms with Crippen molar-refractivity contribution in [3.05, 3.63) is 41.4 Å². The van der Waals surface area contributed by atoms with E-state index < -0.39 is 0 Å². The fraction of sp³-hybridized carbons (Fsp3) is 0.450. The van der Waals surface area contributed by atoms with Crippen LogP contribution in [0.3, 0.4) is 0 Å². The Balaban J connectivity index is 2.07. The van der Waals surface area contributed by atoms with Crippen LogP contribution in [0.15, 0.2) is 30.6 Å². The average molecular weight is 388 g/mol. The van der Waals surface area contributed by atoms with Crippen molar-refractivity contribution in [2.75, 3.05) is 11.9 Å². The van der Waals surface area contributed by atoms with Gasteiger partial charge in [-0.2, -0.15) is 0 Å². The van der Waals surface area contributed by atoms with Crippen molar-refractivity contribution in [3.63, 3.8) is 0 Å². The normalized spacial score (nSPS) is 12.9. The second-order valence-corrected chi connectivity index (χ2v) is 7.87. The molecule has 0 spiro atoms. The molecule has 2 N–H and O–H groups in total. The van der Waals surface area contributed by atoms with Gasteiger partial charge in [0.15, 0.2) is 17.0 Å². The van der Waals surface area contributed by atoms with E-state index in [1.54, 1.807) is 6.33 Å². The van der Waals surface area contributed by atoms with Crippen LogP contribution in [-0.4, -0.2) is 31.2 Å². The molecule has 0 aliphatic rings. The summed E-state index contributed by atoms with van der Waals surface area (Å²) in [5, 5.41) is 13.7. The van der Waals surface area contributed by atoms with Gasteiger partial charge in [0, 0.05) is 29.8 Å². The molecule has 0 bridgehead atoms. The minimum atomic E-state index is 0.108. The van der Waals surface area contributed by atoms with Gasteiger partial charge in [-0.1, -0.05) is 31.5 Å². The number of nitrogens with one attached hydrogen (secondary N) is 1. The van der Waals surface area contributed by atoms with Crippen LogP contribution in [0.1, 0.15) is 39.6 Å². The van der Waals surface area contributed by atoms with Gasteiger partial charge in [0.05, 0.1) is 6.33 Å². The van der Waals surface area contributed by atoms with Gasteiger partial charge in [0.25, 0.3) is 0 Å². The minimum absolute atomic E-state index is 0.108. The van der Waals surface area contributed by atoms with E-state index in [0.29, 0.717) is 29.0 Å². The molecule has 2 aromatic heterocycles. The van der Waals surface area contributed by atoms with Crippen molar-refractivity contribution in [2.45, 2.75) is 40.2 Å². The third-order valence-electron chi connectivity index (χ3n) is 4.73. The molecule has 0 saturated carbocycles. The van der Waals surface area contributed by atoms with E-state index in [2.05, 4.69) is 38.0 Å². The van der Waals surface area contributed by atoms with Crippen LogP contribution < -0.4 is 5.32 Å². The summed E-state index contributed by atoms with van der Waals surface area (Å²) >= 11 is 6.11. The van der Waals surface area contributed by atoms with Gasteiger partial charge in [0.2, 0.25) is 0 Å². The van der Waals surface area contributed by atoms with Crippen molar-refractivity contribution < 1.29 is 5.11 Å². The zero-order valence-electron chi connectivity index (χ0n) is 16.1. The summed E-state index contributed by atoms with van der Waals surface area (Å²) < 4.78 is 2.03. The van der Waals surface area contributed by atoms with Gasteiger partial charge in [-0.3, -0.25) is 0 Å². The quantitative estimate of drug-likeness (QED) is 0.619. The molecule has 0 aliphatic heterocycles. The second kappa shape index (κ2) is 8.23. The molecular weight excluding hydrogens is 362 g/mol. The molecule has 6 nitrogen and oxygen atoms in total. The van der Waals surface area contributed by atoms with Crippen LogP contribution in [-0.2, 0) is 6.42 Å². The van der Waals surface area contributed by atoms with E-state index in [1.165, 1.54) is 0 Å². The summed E-state index contributed by atoms with van der Waals surface area (Å²) in [6.07, 6.45) is 2.40. The van der Waals surface area contributed by atoms with Crippen LogP contribution in [0.4, 0.5) is 11.5 Å². The Morgan fingerprint density at radius 2 is 1.96 bits per heavy atom. The molecule has 2 heterocycles. The number of aromatic nitrogens is 4. The number of aliphatic hydroxyl groups is 1. The zero-order chi connectivity index (χ0) is 19.6. The Morgan fingerprint density at radius 3 is 2.59 bits per heavy atom. The maximum Gasteiger partial charge on any atom is 0.166 e. The molecule has 0 aliphatic carbocycles. The van der Waals surface area contributed by atoms with Crippen LogP contribution >= 0.6 is 11.6 Å². The second-order valence-electron chi connectivity index (χ2n) is 7.43. The van der Waals surface area contributed by atoms with E-state index in [9.17, 15) is 5.11 Å². The van der Waals surface area contributed by atoms with E-state index in [-0.39, 0.29) is 18.6 Å².